The van der Waals surface area contributed by atoms with Crippen LogP contribution in [0.3, 0.4) is 0 Å². The maximum absolute atomic E-state index is 13.4. The number of pyridine rings is 1. The van der Waals surface area contributed by atoms with Crippen LogP contribution in [-0.4, -0.2) is 40.8 Å². The number of Topliss-reactive ketones (excluding diaryl/α,β-unsaturated/α-hetero) is 1. The number of primary amides is 1. The number of amides is 2. The predicted octanol–water partition coefficient (Wildman–Crippen LogP) is 4.74. The fourth-order valence-electron chi connectivity index (χ4n) is 4.25. The number of carbonyl (C=O) groups is 3. The highest BCUT2D eigenvalue weighted by atomic mass is 35.5. The molecule has 9 nitrogen and oxygen atoms in total. The van der Waals surface area contributed by atoms with Crippen molar-refractivity contribution in [2.24, 2.45) is 5.73 Å². The first-order chi connectivity index (χ1) is 18.8. The third kappa shape index (κ3) is 5.53. The third-order valence-corrected chi connectivity index (χ3v) is 6.38. The van der Waals surface area contributed by atoms with Crippen LogP contribution in [0.1, 0.15) is 20.7 Å². The summed E-state index contributed by atoms with van der Waals surface area (Å²) in [7, 11) is 1.54. The molecule has 0 radical (unpaired) electrons. The molecule has 39 heavy (non-hydrogen) atoms. The monoisotopic (exact) mass is 542 g/mol. The fraction of sp³-hybridized carbons (Fsp3) is 0.103. The van der Waals surface area contributed by atoms with Gasteiger partial charge in [0.25, 0.3) is 5.91 Å². The van der Waals surface area contributed by atoms with Crippen molar-refractivity contribution in [3.8, 4) is 17.2 Å². The summed E-state index contributed by atoms with van der Waals surface area (Å²) < 4.78 is 13.4. The average Bonchev–Trinajstić information content (AvgIpc) is 3.29. The quantitative estimate of drug-likeness (QED) is 0.259. The first kappa shape index (κ1) is 25.7. The van der Waals surface area contributed by atoms with E-state index in [0.29, 0.717) is 33.0 Å². The minimum atomic E-state index is -0.692. The van der Waals surface area contributed by atoms with Gasteiger partial charge < -0.3 is 25.1 Å². The highest BCUT2D eigenvalue weighted by Gasteiger charge is 2.19. The van der Waals surface area contributed by atoms with E-state index in [-0.39, 0.29) is 36.2 Å². The lowest BCUT2D eigenvalue weighted by atomic mass is 10.1. The number of nitrogens with two attached hydrogens (primary N) is 1. The molecule has 5 aromatic rings. The van der Waals surface area contributed by atoms with Crippen molar-refractivity contribution < 1.29 is 23.9 Å². The van der Waals surface area contributed by atoms with Gasteiger partial charge in [0.1, 0.15) is 23.8 Å². The van der Waals surface area contributed by atoms with E-state index in [0.717, 1.165) is 10.8 Å². The number of ketones is 1. The van der Waals surface area contributed by atoms with E-state index < -0.39 is 5.91 Å². The minimum Gasteiger partial charge on any atom is -0.485 e. The molecule has 0 aliphatic heterocycles. The maximum atomic E-state index is 13.4. The normalized spacial score (nSPS) is 10.9. The van der Waals surface area contributed by atoms with Crippen molar-refractivity contribution in [1.29, 1.82) is 0 Å². The molecule has 0 saturated carbocycles. The van der Waals surface area contributed by atoms with Crippen molar-refractivity contribution >= 4 is 50.9 Å². The number of hydrogen-bond donors (Lipinski definition) is 2. The van der Waals surface area contributed by atoms with Crippen LogP contribution in [0.15, 0.2) is 79.3 Å². The molecule has 2 aromatic heterocycles. The number of nitrogens with zero attached hydrogens (tertiary/aromatic N) is 2. The van der Waals surface area contributed by atoms with E-state index in [1.165, 1.54) is 0 Å². The Balaban J connectivity index is 1.46. The van der Waals surface area contributed by atoms with Gasteiger partial charge in [-0.3, -0.25) is 19.4 Å². The van der Waals surface area contributed by atoms with Crippen LogP contribution >= 0.6 is 11.6 Å². The van der Waals surface area contributed by atoms with E-state index in [9.17, 15) is 14.4 Å². The Morgan fingerprint density at radius 2 is 1.85 bits per heavy atom. The lowest BCUT2D eigenvalue weighted by Crippen LogP contribution is -2.23. The molecule has 2 amide bonds. The molecule has 0 atom stereocenters. The summed E-state index contributed by atoms with van der Waals surface area (Å²) in [6, 6.07) is 17.2. The second-order valence-electron chi connectivity index (χ2n) is 8.73. The number of aromatic nitrogens is 2. The Bertz CT molecular complexity index is 1730. The summed E-state index contributed by atoms with van der Waals surface area (Å²) in [5.41, 5.74) is 6.69. The standard InChI is InChI=1S/C29H23ClN4O5/c1-32-28(36)15-34-14-24(22-7-6-20(12-25(22)34)39-21-3-2-8-33-13-21)26(35)16-38-27-11-17-4-5-19(30)9-18(17)10-23(27)29(31)37/h2-14H,15-16H2,1H3,(H2,31,37)(H,32,36). The van der Waals surface area contributed by atoms with Crippen LogP contribution in [0.2, 0.25) is 5.02 Å². The molecular formula is C29H23ClN4O5. The molecule has 0 aliphatic carbocycles. The molecule has 0 aliphatic rings. The zero-order valence-electron chi connectivity index (χ0n) is 20.8. The Labute approximate surface area is 228 Å². The maximum Gasteiger partial charge on any atom is 0.252 e. The van der Waals surface area contributed by atoms with Crippen LogP contribution in [0.25, 0.3) is 21.7 Å². The molecule has 3 aromatic carbocycles. The number of likely N-dealkylation sites (N-methyl/N-ethyl adjacent to an activating group) is 1. The second-order valence-corrected chi connectivity index (χ2v) is 9.17. The van der Waals surface area contributed by atoms with Gasteiger partial charge in [0.05, 0.1) is 17.3 Å². The van der Waals surface area contributed by atoms with Crippen LogP contribution < -0.4 is 20.5 Å². The largest absolute Gasteiger partial charge is 0.485 e. The highest BCUT2D eigenvalue weighted by Crippen LogP contribution is 2.31. The lowest BCUT2D eigenvalue weighted by Gasteiger charge is -2.11. The van der Waals surface area contributed by atoms with Gasteiger partial charge in [-0.25, -0.2) is 0 Å². The molecule has 10 heteroatoms. The summed E-state index contributed by atoms with van der Waals surface area (Å²) in [5.74, 6) is -0.0147. The average molecular weight is 543 g/mol. The van der Waals surface area contributed by atoms with Crippen molar-refractivity contribution in [3.05, 3.63) is 95.4 Å². The Morgan fingerprint density at radius 3 is 2.59 bits per heavy atom. The molecule has 196 valence electrons. The summed E-state index contributed by atoms with van der Waals surface area (Å²) in [5, 5.41) is 5.22. The third-order valence-electron chi connectivity index (χ3n) is 6.14. The lowest BCUT2D eigenvalue weighted by molar-refractivity contribution is -0.121. The van der Waals surface area contributed by atoms with Crippen molar-refractivity contribution in [2.45, 2.75) is 6.54 Å². The van der Waals surface area contributed by atoms with Gasteiger partial charge in [-0.1, -0.05) is 17.7 Å². The summed E-state index contributed by atoms with van der Waals surface area (Å²) in [6.07, 6.45) is 4.84. The van der Waals surface area contributed by atoms with Crippen LogP contribution in [0, 0.1) is 0 Å². The van der Waals surface area contributed by atoms with Crippen molar-refractivity contribution in [2.75, 3.05) is 13.7 Å². The van der Waals surface area contributed by atoms with Gasteiger partial charge in [-0.2, -0.15) is 0 Å². The fourth-order valence-corrected chi connectivity index (χ4v) is 4.43. The first-order valence-corrected chi connectivity index (χ1v) is 12.3. The summed E-state index contributed by atoms with van der Waals surface area (Å²) in [4.78, 5) is 41.7. The van der Waals surface area contributed by atoms with Crippen LogP contribution in [0.4, 0.5) is 0 Å². The molecule has 2 heterocycles. The summed E-state index contributed by atoms with van der Waals surface area (Å²) in [6.45, 7) is -0.358. The number of rotatable bonds is 9. The van der Waals surface area contributed by atoms with E-state index in [2.05, 4.69) is 10.3 Å². The Kier molecular flexibility index (Phi) is 7.16. The van der Waals surface area contributed by atoms with Gasteiger partial charge in [0.2, 0.25) is 11.7 Å². The first-order valence-electron chi connectivity index (χ1n) is 11.9. The molecular weight excluding hydrogens is 520 g/mol. The minimum absolute atomic E-state index is 0.00343. The molecule has 5 rings (SSSR count). The molecule has 0 bridgehead atoms. The SMILES string of the molecule is CNC(=O)Cn1cc(C(=O)COc2cc3ccc(Cl)cc3cc2C(N)=O)c2ccc(Oc3cccnc3)cc21. The highest BCUT2D eigenvalue weighted by molar-refractivity contribution is 6.31. The molecule has 3 N–H and O–H groups in total. The Morgan fingerprint density at radius 1 is 1.00 bits per heavy atom. The predicted molar refractivity (Wildman–Crippen MR) is 148 cm³/mol. The van der Waals surface area contributed by atoms with Gasteiger partial charge >= 0.3 is 0 Å². The smallest absolute Gasteiger partial charge is 0.252 e. The van der Waals surface area contributed by atoms with E-state index in [1.54, 1.807) is 90.9 Å². The van der Waals surface area contributed by atoms with Crippen LogP contribution in [0.5, 0.6) is 17.2 Å². The zero-order chi connectivity index (χ0) is 27.5. The van der Waals surface area contributed by atoms with E-state index in [4.69, 9.17) is 26.8 Å². The number of fused-ring (bicyclic) bond motifs is 2. The number of hydrogen-bond acceptors (Lipinski definition) is 6. The van der Waals surface area contributed by atoms with Gasteiger partial charge in [-0.15, -0.1) is 0 Å². The van der Waals surface area contributed by atoms with Gasteiger partial charge in [0, 0.05) is 41.5 Å². The van der Waals surface area contributed by atoms with Crippen LogP contribution in [-0.2, 0) is 11.3 Å². The van der Waals surface area contributed by atoms with E-state index in [1.807, 2.05) is 0 Å². The molecule has 0 saturated heterocycles. The number of ether oxygens (including phenoxy) is 2. The number of halogens is 1. The van der Waals surface area contributed by atoms with Gasteiger partial charge in [-0.05, 0) is 59.3 Å². The molecule has 0 spiro atoms. The number of carbonyl (C=O) groups excluding carboxylic acids is 3. The van der Waals surface area contributed by atoms with Gasteiger partial charge in [0.15, 0.2) is 6.61 Å². The number of benzene rings is 3. The van der Waals surface area contributed by atoms with Crippen molar-refractivity contribution in [1.82, 2.24) is 14.9 Å². The van der Waals surface area contributed by atoms with Crippen molar-refractivity contribution in [3.63, 3.8) is 0 Å². The Hall–Kier alpha value is -4.89. The number of nitrogens with one attached hydrogen (secondary N) is 1. The molecule has 0 unspecified atom stereocenters. The van der Waals surface area contributed by atoms with E-state index >= 15 is 0 Å². The topological polar surface area (TPSA) is 126 Å². The molecule has 0 fully saturated rings. The second kappa shape index (κ2) is 10.8. The summed E-state index contributed by atoms with van der Waals surface area (Å²) >= 11 is 6.07. The zero-order valence-corrected chi connectivity index (χ0v) is 21.6.